The molecular weight excluding hydrogens is 192 g/mol. The van der Waals surface area contributed by atoms with Gasteiger partial charge in [0.1, 0.15) is 0 Å². The number of aromatic carboxylic acids is 1. The van der Waals surface area contributed by atoms with Gasteiger partial charge in [0.15, 0.2) is 0 Å². The molecule has 1 N–H and O–H groups in total. The molecule has 1 fully saturated rings. The summed E-state index contributed by atoms with van der Waals surface area (Å²) < 4.78 is 0. The molecule has 3 aliphatic rings. The van der Waals surface area contributed by atoms with Gasteiger partial charge in [-0.25, -0.2) is 4.79 Å². The van der Waals surface area contributed by atoms with Gasteiger partial charge in [-0.15, -0.1) is 0 Å². The third kappa shape index (κ3) is 1.17. The van der Waals surface area contributed by atoms with E-state index in [0.717, 1.165) is 31.9 Å². The van der Waals surface area contributed by atoms with Gasteiger partial charge in [-0.05, 0) is 18.2 Å². The molecule has 4 nitrogen and oxygen atoms in total. The Morgan fingerprint density at radius 3 is 2.27 bits per heavy atom. The highest BCUT2D eigenvalue weighted by atomic mass is 16.4. The fraction of sp³-hybridized carbons (Fsp3) is 0.364. The number of carboxylic acid groups (broad SMARTS) is 1. The lowest BCUT2D eigenvalue weighted by Gasteiger charge is -2.45. The van der Waals surface area contributed by atoms with Crippen LogP contribution < -0.4 is 9.80 Å². The molecule has 1 aromatic rings. The number of benzene rings is 1. The van der Waals surface area contributed by atoms with E-state index in [1.807, 2.05) is 6.07 Å². The minimum Gasteiger partial charge on any atom is -0.478 e. The fourth-order valence-electron chi connectivity index (χ4n) is 2.37. The van der Waals surface area contributed by atoms with Crippen LogP contribution in [0.1, 0.15) is 10.4 Å². The van der Waals surface area contributed by atoms with Crippen LogP contribution in [0.2, 0.25) is 0 Å². The zero-order valence-corrected chi connectivity index (χ0v) is 8.31. The Bertz CT molecular complexity index is 423. The highest BCUT2D eigenvalue weighted by Crippen LogP contribution is 2.36. The van der Waals surface area contributed by atoms with Gasteiger partial charge in [-0.1, -0.05) is 0 Å². The molecule has 4 heteroatoms. The summed E-state index contributed by atoms with van der Waals surface area (Å²) in [5.41, 5.74) is 2.63. The first kappa shape index (κ1) is 8.59. The Hall–Kier alpha value is -1.71. The number of fused-ring (bicyclic) bond motifs is 2. The van der Waals surface area contributed by atoms with Crippen molar-refractivity contribution in [3.05, 3.63) is 23.8 Å². The van der Waals surface area contributed by atoms with Crippen LogP contribution in [0.3, 0.4) is 0 Å². The Kier molecular flexibility index (Phi) is 1.65. The summed E-state index contributed by atoms with van der Waals surface area (Å²) in [4.78, 5) is 15.4. The summed E-state index contributed by atoms with van der Waals surface area (Å²) in [5, 5.41) is 8.92. The second-order valence-corrected chi connectivity index (χ2v) is 3.98. The van der Waals surface area contributed by atoms with Gasteiger partial charge < -0.3 is 14.9 Å². The van der Waals surface area contributed by atoms with E-state index in [1.54, 1.807) is 12.1 Å². The van der Waals surface area contributed by atoms with E-state index in [9.17, 15) is 4.79 Å². The highest BCUT2D eigenvalue weighted by Gasteiger charge is 2.28. The Morgan fingerprint density at radius 2 is 1.67 bits per heavy atom. The van der Waals surface area contributed by atoms with E-state index in [1.165, 1.54) is 5.69 Å². The predicted molar refractivity (Wildman–Crippen MR) is 57.8 cm³/mol. The quantitative estimate of drug-likeness (QED) is 0.742. The molecule has 4 rings (SSSR count). The van der Waals surface area contributed by atoms with Crippen molar-refractivity contribution in [3.63, 3.8) is 0 Å². The highest BCUT2D eigenvalue weighted by molar-refractivity contribution is 5.91. The van der Waals surface area contributed by atoms with Crippen LogP contribution in [-0.2, 0) is 0 Å². The van der Waals surface area contributed by atoms with Gasteiger partial charge in [0, 0.05) is 26.2 Å². The van der Waals surface area contributed by atoms with E-state index in [0.29, 0.717) is 5.56 Å². The van der Waals surface area contributed by atoms with E-state index in [2.05, 4.69) is 9.80 Å². The van der Waals surface area contributed by atoms with Crippen LogP contribution >= 0.6 is 0 Å². The molecular formula is C11H12N2O2. The van der Waals surface area contributed by atoms with E-state index < -0.39 is 5.97 Å². The number of nitrogens with zero attached hydrogens (tertiary/aromatic N) is 2. The van der Waals surface area contributed by atoms with Gasteiger partial charge in [0.05, 0.1) is 16.9 Å². The van der Waals surface area contributed by atoms with Gasteiger partial charge in [-0.2, -0.15) is 0 Å². The lowest BCUT2D eigenvalue weighted by molar-refractivity contribution is 0.0697. The van der Waals surface area contributed by atoms with Gasteiger partial charge in [-0.3, -0.25) is 0 Å². The maximum atomic E-state index is 10.9. The smallest absolute Gasteiger partial charge is 0.335 e. The SMILES string of the molecule is O=C(O)c1ccc2c(c1)N1CCN2CC1. The third-order valence-corrected chi connectivity index (χ3v) is 3.18. The minimum absolute atomic E-state index is 0.377. The molecule has 1 aromatic carbocycles. The molecule has 2 bridgehead atoms. The standard InChI is InChI=1S/C11H12N2O2/c14-11(15)8-1-2-9-10(7-8)13-5-3-12(9)4-6-13/h1-2,7H,3-6H2,(H,14,15). The molecule has 0 unspecified atom stereocenters. The second-order valence-electron chi connectivity index (χ2n) is 3.98. The van der Waals surface area contributed by atoms with Crippen molar-refractivity contribution >= 4 is 17.3 Å². The van der Waals surface area contributed by atoms with Gasteiger partial charge >= 0.3 is 5.97 Å². The summed E-state index contributed by atoms with van der Waals surface area (Å²) >= 11 is 0. The van der Waals surface area contributed by atoms with Gasteiger partial charge in [0.2, 0.25) is 0 Å². The van der Waals surface area contributed by atoms with Crippen LogP contribution in [0.5, 0.6) is 0 Å². The number of hydrogen-bond donors (Lipinski definition) is 1. The van der Waals surface area contributed by atoms with Crippen molar-refractivity contribution in [2.45, 2.75) is 0 Å². The summed E-state index contributed by atoms with van der Waals surface area (Å²) in [6, 6.07) is 5.38. The summed E-state index contributed by atoms with van der Waals surface area (Å²) in [6.45, 7) is 4.13. The molecule has 0 radical (unpaired) electrons. The van der Waals surface area contributed by atoms with Gasteiger partial charge in [0.25, 0.3) is 0 Å². The topological polar surface area (TPSA) is 43.8 Å². The number of carbonyl (C=O) groups is 1. The molecule has 0 atom stereocenters. The van der Waals surface area contributed by atoms with Crippen molar-refractivity contribution in [2.75, 3.05) is 36.0 Å². The Balaban J connectivity index is 2.12. The molecule has 0 spiro atoms. The summed E-state index contributed by atoms with van der Waals surface area (Å²) in [7, 11) is 0. The molecule has 0 aliphatic carbocycles. The first-order valence-corrected chi connectivity index (χ1v) is 5.13. The van der Waals surface area contributed by atoms with Crippen LogP contribution in [0.25, 0.3) is 0 Å². The van der Waals surface area contributed by atoms with Crippen LogP contribution in [0.15, 0.2) is 18.2 Å². The summed E-state index contributed by atoms with van der Waals surface area (Å²) in [6.07, 6.45) is 0. The largest absolute Gasteiger partial charge is 0.478 e. The predicted octanol–water partition coefficient (Wildman–Crippen LogP) is 1.02. The molecule has 3 aliphatic heterocycles. The average molecular weight is 204 g/mol. The summed E-state index contributed by atoms with van der Waals surface area (Å²) in [5.74, 6) is -0.851. The average Bonchev–Trinajstić information content (AvgIpc) is 2.30. The second kappa shape index (κ2) is 2.89. The first-order valence-electron chi connectivity index (χ1n) is 5.13. The maximum Gasteiger partial charge on any atom is 0.335 e. The van der Waals surface area contributed by atoms with Crippen molar-refractivity contribution in [3.8, 4) is 0 Å². The molecule has 0 saturated carbocycles. The lowest BCUT2D eigenvalue weighted by atomic mass is 10.1. The van der Waals surface area contributed by atoms with Crippen molar-refractivity contribution in [1.29, 1.82) is 0 Å². The molecule has 15 heavy (non-hydrogen) atoms. The molecule has 0 amide bonds. The molecule has 78 valence electrons. The maximum absolute atomic E-state index is 10.9. The Morgan fingerprint density at radius 1 is 1.07 bits per heavy atom. The van der Waals surface area contributed by atoms with Crippen molar-refractivity contribution < 1.29 is 9.90 Å². The zero-order valence-electron chi connectivity index (χ0n) is 8.31. The fourth-order valence-corrected chi connectivity index (χ4v) is 2.37. The first-order chi connectivity index (χ1) is 7.25. The lowest BCUT2D eigenvalue weighted by Crippen LogP contribution is -2.51. The number of anilines is 2. The minimum atomic E-state index is -0.851. The molecule has 0 aromatic heterocycles. The van der Waals surface area contributed by atoms with E-state index >= 15 is 0 Å². The number of rotatable bonds is 1. The van der Waals surface area contributed by atoms with Crippen LogP contribution in [0, 0.1) is 0 Å². The van der Waals surface area contributed by atoms with Crippen LogP contribution in [-0.4, -0.2) is 37.3 Å². The normalized spacial score (nSPS) is 17.9. The van der Waals surface area contributed by atoms with Crippen LogP contribution in [0.4, 0.5) is 11.4 Å². The number of piperazine rings is 1. The van der Waals surface area contributed by atoms with E-state index in [-0.39, 0.29) is 0 Å². The zero-order chi connectivity index (χ0) is 10.4. The monoisotopic (exact) mass is 204 g/mol. The van der Waals surface area contributed by atoms with Crippen molar-refractivity contribution in [1.82, 2.24) is 0 Å². The third-order valence-electron chi connectivity index (χ3n) is 3.18. The van der Waals surface area contributed by atoms with Crippen molar-refractivity contribution in [2.24, 2.45) is 0 Å². The Labute approximate surface area is 87.7 Å². The molecule has 3 heterocycles. The van der Waals surface area contributed by atoms with E-state index in [4.69, 9.17) is 5.11 Å². The molecule has 1 saturated heterocycles. The number of hydrogen-bond acceptors (Lipinski definition) is 3. The number of carboxylic acids is 1.